The van der Waals surface area contributed by atoms with Crippen molar-refractivity contribution >= 4 is 0 Å². The van der Waals surface area contributed by atoms with E-state index in [9.17, 15) is 13.2 Å². The topological polar surface area (TPSA) is 81.2 Å². The molecule has 0 aliphatic rings. The highest BCUT2D eigenvalue weighted by molar-refractivity contribution is 5.55. The molecule has 1 aromatic heterocycles. The van der Waals surface area contributed by atoms with Gasteiger partial charge in [-0.1, -0.05) is 17.3 Å². The number of halogens is 3. The summed E-state index contributed by atoms with van der Waals surface area (Å²) in [5.74, 6) is 0.804. The molecule has 144 valence electrons. The van der Waals surface area contributed by atoms with Gasteiger partial charge in [-0.25, -0.2) is 0 Å². The van der Waals surface area contributed by atoms with Crippen LogP contribution in [0.4, 0.5) is 13.2 Å². The van der Waals surface area contributed by atoms with E-state index in [-0.39, 0.29) is 17.3 Å². The van der Waals surface area contributed by atoms with Gasteiger partial charge in [-0.2, -0.15) is 23.4 Å². The number of alkyl halides is 3. The van der Waals surface area contributed by atoms with Gasteiger partial charge in [0, 0.05) is 11.6 Å². The van der Waals surface area contributed by atoms with Gasteiger partial charge in [0.1, 0.15) is 0 Å². The van der Waals surface area contributed by atoms with Crippen molar-refractivity contribution in [3.63, 3.8) is 0 Å². The van der Waals surface area contributed by atoms with Crippen LogP contribution in [0.15, 0.2) is 47.0 Å². The molecule has 0 radical (unpaired) electrons. The molecule has 2 aromatic carbocycles. The van der Waals surface area contributed by atoms with E-state index in [0.29, 0.717) is 17.1 Å². The van der Waals surface area contributed by atoms with E-state index in [1.165, 1.54) is 25.3 Å². The van der Waals surface area contributed by atoms with Crippen LogP contribution < -0.4 is 9.47 Å². The van der Waals surface area contributed by atoms with Crippen molar-refractivity contribution in [3.8, 4) is 29.0 Å². The van der Waals surface area contributed by atoms with Crippen LogP contribution in [0.5, 0.6) is 11.5 Å². The van der Waals surface area contributed by atoms with Crippen LogP contribution in [0.25, 0.3) is 11.4 Å². The Hall–Kier alpha value is -3.54. The highest BCUT2D eigenvalue weighted by Crippen LogP contribution is 2.33. The standard InChI is InChI=1S/C19H14F3N3O3/c1-11(27-15-7-6-12(10-23)8-16(15)26-2)18-24-17(25-28-18)13-4-3-5-14(9-13)19(20,21)22/h3-9,11H,1-2H3/t11-/m0/s1. The lowest BCUT2D eigenvalue weighted by Gasteiger charge is -2.14. The van der Waals surface area contributed by atoms with Crippen LogP contribution >= 0.6 is 0 Å². The van der Waals surface area contributed by atoms with E-state index >= 15 is 0 Å². The Morgan fingerprint density at radius 1 is 1.14 bits per heavy atom. The molecule has 0 unspecified atom stereocenters. The first-order valence-corrected chi connectivity index (χ1v) is 8.08. The lowest BCUT2D eigenvalue weighted by Crippen LogP contribution is -2.05. The molecule has 3 aromatic rings. The number of aromatic nitrogens is 2. The first-order chi connectivity index (χ1) is 13.3. The number of nitrogens with zero attached hydrogens (tertiary/aromatic N) is 3. The number of methoxy groups -OCH3 is 1. The van der Waals surface area contributed by atoms with Gasteiger partial charge in [-0.3, -0.25) is 0 Å². The Bertz CT molecular complexity index is 1020. The first-order valence-electron chi connectivity index (χ1n) is 8.08. The summed E-state index contributed by atoms with van der Waals surface area (Å²) in [7, 11) is 1.44. The minimum atomic E-state index is -4.47. The monoisotopic (exact) mass is 389 g/mol. The molecule has 0 N–H and O–H groups in total. The number of ether oxygens (including phenoxy) is 2. The van der Waals surface area contributed by atoms with Gasteiger partial charge in [-0.15, -0.1) is 0 Å². The van der Waals surface area contributed by atoms with Crippen LogP contribution in [0.3, 0.4) is 0 Å². The molecule has 9 heteroatoms. The summed E-state index contributed by atoms with van der Waals surface area (Å²) in [6.07, 6.45) is -5.17. The Labute approximate surface area is 158 Å². The largest absolute Gasteiger partial charge is 0.493 e. The molecule has 0 aliphatic heterocycles. The van der Waals surface area contributed by atoms with Crippen LogP contribution in [-0.2, 0) is 6.18 Å². The van der Waals surface area contributed by atoms with Crippen molar-refractivity contribution in [2.24, 2.45) is 0 Å². The molecule has 6 nitrogen and oxygen atoms in total. The number of rotatable bonds is 5. The summed E-state index contributed by atoms with van der Waals surface area (Å²) in [4.78, 5) is 4.13. The summed E-state index contributed by atoms with van der Waals surface area (Å²) in [6, 6.07) is 11.3. The molecular formula is C19H14F3N3O3. The molecule has 0 spiro atoms. The van der Waals surface area contributed by atoms with E-state index in [4.69, 9.17) is 19.3 Å². The zero-order valence-corrected chi connectivity index (χ0v) is 14.8. The zero-order chi connectivity index (χ0) is 20.3. The second kappa shape index (κ2) is 7.60. The molecule has 0 amide bonds. The number of nitriles is 1. The van der Waals surface area contributed by atoms with E-state index in [1.807, 2.05) is 6.07 Å². The Morgan fingerprint density at radius 2 is 1.93 bits per heavy atom. The van der Waals surface area contributed by atoms with Crippen LogP contribution in [0.1, 0.15) is 30.0 Å². The normalized spacial score (nSPS) is 12.3. The minimum Gasteiger partial charge on any atom is -0.493 e. The van der Waals surface area contributed by atoms with Gasteiger partial charge in [0.15, 0.2) is 17.6 Å². The Morgan fingerprint density at radius 3 is 2.61 bits per heavy atom. The van der Waals surface area contributed by atoms with Gasteiger partial charge in [0.2, 0.25) is 5.82 Å². The zero-order valence-electron chi connectivity index (χ0n) is 14.8. The van der Waals surface area contributed by atoms with Crippen molar-refractivity contribution in [1.29, 1.82) is 5.26 Å². The molecule has 1 atom stereocenters. The fourth-order valence-corrected chi connectivity index (χ4v) is 2.43. The Kier molecular flexibility index (Phi) is 5.22. The van der Waals surface area contributed by atoms with E-state index < -0.39 is 17.8 Å². The van der Waals surface area contributed by atoms with Gasteiger partial charge >= 0.3 is 6.18 Å². The third kappa shape index (κ3) is 4.06. The van der Waals surface area contributed by atoms with Crippen molar-refractivity contribution in [2.75, 3.05) is 7.11 Å². The number of benzene rings is 2. The fourth-order valence-electron chi connectivity index (χ4n) is 2.43. The average molecular weight is 389 g/mol. The van der Waals surface area contributed by atoms with E-state index in [2.05, 4.69) is 10.1 Å². The summed E-state index contributed by atoms with van der Waals surface area (Å²) >= 11 is 0. The number of hydrogen-bond acceptors (Lipinski definition) is 6. The van der Waals surface area contributed by atoms with Crippen molar-refractivity contribution < 1.29 is 27.2 Å². The Balaban J connectivity index is 1.82. The van der Waals surface area contributed by atoms with Crippen LogP contribution in [0, 0.1) is 11.3 Å². The molecule has 0 bridgehead atoms. The molecule has 3 rings (SSSR count). The SMILES string of the molecule is COc1cc(C#N)ccc1O[C@@H](C)c1nc(-c2cccc(C(F)(F)F)c2)no1. The average Bonchev–Trinajstić information content (AvgIpc) is 3.18. The van der Waals surface area contributed by atoms with Crippen LogP contribution in [0.2, 0.25) is 0 Å². The molecule has 28 heavy (non-hydrogen) atoms. The maximum Gasteiger partial charge on any atom is 0.416 e. The van der Waals surface area contributed by atoms with Crippen molar-refractivity contribution in [1.82, 2.24) is 10.1 Å². The maximum atomic E-state index is 12.9. The summed E-state index contributed by atoms with van der Waals surface area (Å²) < 4.78 is 54.7. The maximum absolute atomic E-state index is 12.9. The van der Waals surface area contributed by atoms with E-state index in [0.717, 1.165) is 12.1 Å². The lowest BCUT2D eigenvalue weighted by molar-refractivity contribution is -0.137. The quantitative estimate of drug-likeness (QED) is 0.625. The molecule has 0 fully saturated rings. The highest BCUT2D eigenvalue weighted by atomic mass is 19.4. The van der Waals surface area contributed by atoms with Gasteiger partial charge < -0.3 is 14.0 Å². The molecule has 1 heterocycles. The lowest BCUT2D eigenvalue weighted by atomic mass is 10.1. The van der Waals surface area contributed by atoms with Crippen molar-refractivity contribution in [3.05, 3.63) is 59.5 Å². The summed E-state index contributed by atoms with van der Waals surface area (Å²) in [6.45, 7) is 1.64. The molecule has 0 saturated carbocycles. The molecule has 0 saturated heterocycles. The van der Waals surface area contributed by atoms with Crippen molar-refractivity contribution in [2.45, 2.75) is 19.2 Å². The fraction of sp³-hybridized carbons (Fsp3) is 0.211. The molecular weight excluding hydrogens is 375 g/mol. The summed E-state index contributed by atoms with van der Waals surface area (Å²) in [5.41, 5.74) is -0.225. The van der Waals surface area contributed by atoms with Gasteiger partial charge in [0.05, 0.1) is 24.3 Å². The van der Waals surface area contributed by atoms with Gasteiger partial charge in [-0.05, 0) is 31.2 Å². The second-order valence-electron chi connectivity index (χ2n) is 5.77. The highest BCUT2D eigenvalue weighted by Gasteiger charge is 2.31. The number of hydrogen-bond donors (Lipinski definition) is 0. The second-order valence-corrected chi connectivity index (χ2v) is 5.77. The first kappa shape index (κ1) is 19.2. The smallest absolute Gasteiger partial charge is 0.416 e. The third-order valence-corrected chi connectivity index (χ3v) is 3.83. The third-order valence-electron chi connectivity index (χ3n) is 3.83. The van der Waals surface area contributed by atoms with E-state index in [1.54, 1.807) is 19.1 Å². The predicted molar refractivity (Wildman–Crippen MR) is 91.5 cm³/mol. The van der Waals surface area contributed by atoms with Crippen LogP contribution in [-0.4, -0.2) is 17.3 Å². The predicted octanol–water partition coefficient (Wildman–Crippen LogP) is 4.78. The summed E-state index contributed by atoms with van der Waals surface area (Å²) in [5, 5.41) is 12.7. The minimum absolute atomic E-state index is 0.0170. The molecule has 0 aliphatic carbocycles. The van der Waals surface area contributed by atoms with Gasteiger partial charge in [0.25, 0.3) is 5.89 Å².